The highest BCUT2D eigenvalue weighted by Crippen LogP contribution is 2.13. The van der Waals surface area contributed by atoms with Gasteiger partial charge in [-0.2, -0.15) is 0 Å². The summed E-state index contributed by atoms with van der Waals surface area (Å²) in [4.78, 5) is 22.6. The van der Waals surface area contributed by atoms with Crippen LogP contribution in [0.3, 0.4) is 0 Å². The van der Waals surface area contributed by atoms with Crippen LogP contribution in [0.25, 0.3) is 0 Å². The highest BCUT2D eigenvalue weighted by Gasteiger charge is 2.27. The zero-order chi connectivity index (χ0) is 12.7. The van der Waals surface area contributed by atoms with Gasteiger partial charge in [0.1, 0.15) is 6.04 Å². The fourth-order valence-electron chi connectivity index (χ4n) is 1.70. The van der Waals surface area contributed by atoms with Crippen LogP contribution in [0.2, 0.25) is 0 Å². The van der Waals surface area contributed by atoms with E-state index < -0.39 is 12.0 Å². The summed E-state index contributed by atoms with van der Waals surface area (Å²) in [6.07, 6.45) is 7.22. The summed E-state index contributed by atoms with van der Waals surface area (Å²) in [6, 6.07) is -0.851. The second-order valence-corrected chi connectivity index (χ2v) is 4.06. The van der Waals surface area contributed by atoms with Crippen molar-refractivity contribution in [3.8, 4) is 12.3 Å². The molecule has 0 saturated carbocycles. The second kappa shape index (κ2) is 6.92. The molecular weight excluding hydrogens is 222 g/mol. The van der Waals surface area contributed by atoms with E-state index in [9.17, 15) is 9.59 Å². The highest BCUT2D eigenvalue weighted by atomic mass is 16.5. The van der Waals surface area contributed by atoms with Gasteiger partial charge in [-0.25, -0.2) is 4.79 Å². The number of carboxylic acid groups (broad SMARTS) is 1. The molecule has 0 aromatic rings. The third-order valence-electron chi connectivity index (χ3n) is 2.73. The van der Waals surface area contributed by atoms with E-state index in [0.717, 1.165) is 0 Å². The van der Waals surface area contributed by atoms with Gasteiger partial charge in [-0.3, -0.25) is 4.79 Å². The molecule has 0 aromatic carbocycles. The Bertz CT molecular complexity index is 315. The number of terminal acetylenes is 1. The molecule has 2 N–H and O–H groups in total. The molecule has 1 rings (SSSR count). The Labute approximate surface area is 101 Å². The SMILES string of the molecule is C#CCCC[C@H](NC(=O)[C@H]1CCOC1)C(=O)O. The minimum Gasteiger partial charge on any atom is -0.480 e. The average molecular weight is 239 g/mol. The van der Waals surface area contributed by atoms with E-state index >= 15 is 0 Å². The Morgan fingerprint density at radius 1 is 1.59 bits per heavy atom. The van der Waals surface area contributed by atoms with Gasteiger partial charge in [0.25, 0.3) is 0 Å². The van der Waals surface area contributed by atoms with E-state index in [2.05, 4.69) is 11.2 Å². The Hall–Kier alpha value is -1.54. The number of carboxylic acids is 1. The topological polar surface area (TPSA) is 75.6 Å². The molecule has 5 heteroatoms. The lowest BCUT2D eigenvalue weighted by atomic mass is 10.1. The average Bonchev–Trinajstić information content (AvgIpc) is 2.81. The highest BCUT2D eigenvalue weighted by molar-refractivity contribution is 5.85. The molecule has 1 fully saturated rings. The Morgan fingerprint density at radius 3 is 2.88 bits per heavy atom. The maximum Gasteiger partial charge on any atom is 0.326 e. The van der Waals surface area contributed by atoms with Crippen molar-refractivity contribution in [3.63, 3.8) is 0 Å². The van der Waals surface area contributed by atoms with Crippen molar-refractivity contribution < 1.29 is 19.4 Å². The predicted octanol–water partition coefficient (Wildman–Crippen LogP) is 0.396. The van der Waals surface area contributed by atoms with Crippen molar-refractivity contribution in [1.82, 2.24) is 5.32 Å². The molecule has 1 aliphatic rings. The number of rotatable bonds is 6. The first-order valence-corrected chi connectivity index (χ1v) is 5.69. The number of carbonyl (C=O) groups is 2. The van der Waals surface area contributed by atoms with Crippen molar-refractivity contribution in [1.29, 1.82) is 0 Å². The van der Waals surface area contributed by atoms with Crippen LogP contribution in [0.1, 0.15) is 25.7 Å². The smallest absolute Gasteiger partial charge is 0.326 e. The van der Waals surface area contributed by atoms with Gasteiger partial charge in [-0.1, -0.05) is 0 Å². The number of unbranched alkanes of at least 4 members (excludes halogenated alkanes) is 1. The van der Waals surface area contributed by atoms with E-state index in [1.807, 2.05) is 0 Å². The van der Waals surface area contributed by atoms with Crippen molar-refractivity contribution in [3.05, 3.63) is 0 Å². The molecule has 94 valence electrons. The standard InChI is InChI=1S/C12H17NO4/c1-2-3-4-5-10(12(15)16)13-11(14)9-6-7-17-8-9/h1,9-10H,3-8H2,(H,13,14)(H,15,16)/t9-,10-/m0/s1. The minimum absolute atomic E-state index is 0.218. The molecule has 0 aromatic heterocycles. The summed E-state index contributed by atoms with van der Waals surface area (Å²) in [5.74, 6) is 0.967. The first kappa shape index (κ1) is 13.5. The van der Waals surface area contributed by atoms with E-state index in [1.54, 1.807) is 0 Å². The van der Waals surface area contributed by atoms with Crippen LogP contribution in [0.5, 0.6) is 0 Å². The van der Waals surface area contributed by atoms with Gasteiger partial charge in [-0.05, 0) is 19.3 Å². The largest absolute Gasteiger partial charge is 0.480 e. The molecule has 17 heavy (non-hydrogen) atoms. The predicted molar refractivity (Wildman–Crippen MR) is 61.2 cm³/mol. The Morgan fingerprint density at radius 2 is 2.35 bits per heavy atom. The number of carbonyl (C=O) groups excluding carboxylic acids is 1. The molecular formula is C12H17NO4. The summed E-state index contributed by atoms with van der Waals surface area (Å²) < 4.78 is 5.08. The summed E-state index contributed by atoms with van der Waals surface area (Å²) in [6.45, 7) is 0.940. The first-order valence-electron chi connectivity index (χ1n) is 5.69. The van der Waals surface area contributed by atoms with Crippen molar-refractivity contribution in [2.24, 2.45) is 5.92 Å². The van der Waals surface area contributed by atoms with Gasteiger partial charge < -0.3 is 15.2 Å². The molecule has 1 heterocycles. The number of aliphatic carboxylic acids is 1. The summed E-state index contributed by atoms with van der Waals surface area (Å²) in [5, 5.41) is 11.5. The van der Waals surface area contributed by atoms with Crippen molar-refractivity contribution in [2.75, 3.05) is 13.2 Å². The number of hydrogen-bond donors (Lipinski definition) is 2. The third kappa shape index (κ3) is 4.45. The molecule has 1 amide bonds. The number of hydrogen-bond acceptors (Lipinski definition) is 3. The maximum absolute atomic E-state index is 11.7. The maximum atomic E-state index is 11.7. The van der Waals surface area contributed by atoms with Crippen molar-refractivity contribution >= 4 is 11.9 Å². The zero-order valence-corrected chi connectivity index (χ0v) is 9.65. The monoisotopic (exact) mass is 239 g/mol. The van der Waals surface area contributed by atoms with Gasteiger partial charge in [-0.15, -0.1) is 12.3 Å². The Kier molecular flexibility index (Phi) is 5.50. The molecule has 0 spiro atoms. The Balaban J connectivity index is 2.40. The van der Waals surface area contributed by atoms with Gasteiger partial charge in [0.05, 0.1) is 12.5 Å². The van der Waals surface area contributed by atoms with Crippen LogP contribution in [-0.2, 0) is 14.3 Å². The van der Waals surface area contributed by atoms with Crippen LogP contribution in [0, 0.1) is 18.3 Å². The lowest BCUT2D eigenvalue weighted by Gasteiger charge is -2.16. The minimum atomic E-state index is -1.02. The fraction of sp³-hybridized carbons (Fsp3) is 0.667. The molecule has 0 aliphatic carbocycles. The first-order chi connectivity index (χ1) is 8.15. The third-order valence-corrected chi connectivity index (χ3v) is 2.73. The van der Waals surface area contributed by atoms with Crippen LogP contribution < -0.4 is 5.32 Å². The molecule has 1 aliphatic heterocycles. The summed E-state index contributed by atoms with van der Waals surface area (Å²) >= 11 is 0. The van der Waals surface area contributed by atoms with E-state index in [0.29, 0.717) is 38.9 Å². The quantitative estimate of drug-likeness (QED) is 0.519. The molecule has 1 saturated heterocycles. The van der Waals surface area contributed by atoms with E-state index in [1.165, 1.54) is 0 Å². The molecule has 0 bridgehead atoms. The van der Waals surface area contributed by atoms with Gasteiger partial charge in [0.2, 0.25) is 5.91 Å². The second-order valence-electron chi connectivity index (χ2n) is 4.06. The van der Waals surface area contributed by atoms with Crippen LogP contribution in [0.15, 0.2) is 0 Å². The lowest BCUT2D eigenvalue weighted by molar-refractivity contribution is -0.142. The normalized spacial score (nSPS) is 20.5. The van der Waals surface area contributed by atoms with Gasteiger partial charge >= 0.3 is 5.97 Å². The van der Waals surface area contributed by atoms with Crippen LogP contribution in [0.4, 0.5) is 0 Å². The molecule has 5 nitrogen and oxygen atoms in total. The lowest BCUT2D eigenvalue weighted by Crippen LogP contribution is -2.43. The van der Waals surface area contributed by atoms with Gasteiger partial charge in [0.15, 0.2) is 0 Å². The summed E-state index contributed by atoms with van der Waals surface area (Å²) in [7, 11) is 0. The number of nitrogens with one attached hydrogen (secondary N) is 1. The molecule has 2 atom stereocenters. The molecule has 0 radical (unpaired) electrons. The fourth-order valence-corrected chi connectivity index (χ4v) is 1.70. The van der Waals surface area contributed by atoms with E-state index in [4.69, 9.17) is 16.3 Å². The van der Waals surface area contributed by atoms with Crippen LogP contribution >= 0.6 is 0 Å². The van der Waals surface area contributed by atoms with Gasteiger partial charge in [0, 0.05) is 13.0 Å². The number of amides is 1. The number of ether oxygens (including phenoxy) is 1. The van der Waals surface area contributed by atoms with E-state index in [-0.39, 0.29) is 11.8 Å². The van der Waals surface area contributed by atoms with Crippen LogP contribution in [-0.4, -0.2) is 36.2 Å². The molecule has 0 unspecified atom stereocenters. The zero-order valence-electron chi connectivity index (χ0n) is 9.65. The van der Waals surface area contributed by atoms with Crippen molar-refractivity contribution in [2.45, 2.75) is 31.7 Å². The summed E-state index contributed by atoms with van der Waals surface area (Å²) in [5.41, 5.74) is 0.